The number of phenols is 1. The number of nitrogens with zero attached hydrogens (tertiary/aromatic N) is 1. The first-order valence-corrected chi connectivity index (χ1v) is 10.2. The van der Waals surface area contributed by atoms with Crippen LogP contribution >= 0.6 is 22.6 Å². The highest BCUT2D eigenvalue weighted by Gasteiger charge is 2.36. The van der Waals surface area contributed by atoms with Crippen LogP contribution in [-0.4, -0.2) is 36.2 Å². The van der Waals surface area contributed by atoms with Gasteiger partial charge in [-0.25, -0.2) is 9.69 Å². The maximum absolute atomic E-state index is 13.0. The van der Waals surface area contributed by atoms with E-state index in [0.717, 1.165) is 4.90 Å². The number of barbiturate groups is 1. The van der Waals surface area contributed by atoms with E-state index in [9.17, 15) is 19.5 Å². The molecule has 0 bridgehead atoms. The van der Waals surface area contributed by atoms with Gasteiger partial charge in [0.1, 0.15) is 11.3 Å². The van der Waals surface area contributed by atoms with E-state index in [1.165, 1.54) is 12.1 Å². The number of benzene rings is 2. The van der Waals surface area contributed by atoms with Crippen molar-refractivity contribution in [1.29, 1.82) is 0 Å². The Kier molecular flexibility index (Phi) is 6.60. The SMILES string of the molecule is CCOc1ccc(N2C(=O)NC(=O)/C(=C/c3cc(I)c(O)c(OCC)c3)C2=O)cc1. The number of hydrogen-bond donors (Lipinski definition) is 2. The van der Waals surface area contributed by atoms with E-state index in [2.05, 4.69) is 5.32 Å². The number of carbonyl (C=O) groups is 3. The first-order chi connectivity index (χ1) is 14.3. The summed E-state index contributed by atoms with van der Waals surface area (Å²) < 4.78 is 11.3. The molecule has 9 heteroatoms. The van der Waals surface area contributed by atoms with Crippen LogP contribution in [-0.2, 0) is 9.59 Å². The van der Waals surface area contributed by atoms with Crippen molar-refractivity contribution in [2.45, 2.75) is 13.8 Å². The maximum Gasteiger partial charge on any atom is 0.335 e. The molecule has 0 spiro atoms. The third kappa shape index (κ3) is 4.40. The van der Waals surface area contributed by atoms with Gasteiger partial charge in [-0.05, 0) is 84.5 Å². The molecule has 0 aliphatic carbocycles. The van der Waals surface area contributed by atoms with E-state index in [0.29, 0.717) is 33.8 Å². The highest BCUT2D eigenvalue weighted by Crippen LogP contribution is 2.34. The highest BCUT2D eigenvalue weighted by molar-refractivity contribution is 14.1. The lowest BCUT2D eigenvalue weighted by atomic mass is 10.1. The zero-order valence-corrected chi connectivity index (χ0v) is 18.4. The molecule has 4 amide bonds. The number of rotatable bonds is 6. The summed E-state index contributed by atoms with van der Waals surface area (Å²) in [6.45, 7) is 4.44. The van der Waals surface area contributed by atoms with Gasteiger partial charge < -0.3 is 14.6 Å². The van der Waals surface area contributed by atoms with Gasteiger partial charge in [-0.15, -0.1) is 0 Å². The second-order valence-corrected chi connectivity index (χ2v) is 7.33. The lowest BCUT2D eigenvalue weighted by Crippen LogP contribution is -2.54. The number of hydrogen-bond acceptors (Lipinski definition) is 6. The van der Waals surface area contributed by atoms with Crippen molar-refractivity contribution in [2.24, 2.45) is 0 Å². The first kappa shape index (κ1) is 21.6. The number of imide groups is 2. The van der Waals surface area contributed by atoms with Crippen LogP contribution < -0.4 is 19.7 Å². The first-order valence-electron chi connectivity index (χ1n) is 9.15. The van der Waals surface area contributed by atoms with Crippen molar-refractivity contribution in [3.05, 3.63) is 51.1 Å². The van der Waals surface area contributed by atoms with E-state index in [1.54, 1.807) is 37.3 Å². The number of anilines is 1. The lowest BCUT2D eigenvalue weighted by molar-refractivity contribution is -0.122. The summed E-state index contributed by atoms with van der Waals surface area (Å²) in [6.07, 6.45) is 1.36. The fourth-order valence-electron chi connectivity index (χ4n) is 2.86. The molecule has 1 fully saturated rings. The smallest absolute Gasteiger partial charge is 0.335 e. The molecule has 2 aromatic carbocycles. The monoisotopic (exact) mass is 522 g/mol. The molecular formula is C21H19IN2O6. The number of nitrogens with one attached hydrogen (secondary N) is 1. The maximum atomic E-state index is 13.0. The van der Waals surface area contributed by atoms with Gasteiger partial charge >= 0.3 is 6.03 Å². The molecule has 0 radical (unpaired) electrons. The van der Waals surface area contributed by atoms with Crippen molar-refractivity contribution in [3.63, 3.8) is 0 Å². The van der Waals surface area contributed by atoms with Crippen molar-refractivity contribution in [3.8, 4) is 17.2 Å². The predicted octanol–water partition coefficient (Wildman–Crippen LogP) is 3.46. The van der Waals surface area contributed by atoms with Crippen molar-refractivity contribution < 1.29 is 29.0 Å². The van der Waals surface area contributed by atoms with Crippen LogP contribution in [0.4, 0.5) is 10.5 Å². The van der Waals surface area contributed by atoms with Gasteiger partial charge in [0, 0.05) is 0 Å². The average Bonchev–Trinajstić information content (AvgIpc) is 2.70. The predicted molar refractivity (Wildman–Crippen MR) is 119 cm³/mol. The molecule has 3 rings (SSSR count). The van der Waals surface area contributed by atoms with Crippen molar-refractivity contribution >= 4 is 52.2 Å². The van der Waals surface area contributed by atoms with Crippen LogP contribution in [0.2, 0.25) is 0 Å². The highest BCUT2D eigenvalue weighted by atomic mass is 127. The summed E-state index contributed by atoms with van der Waals surface area (Å²) in [5, 5.41) is 12.3. The van der Waals surface area contributed by atoms with Gasteiger partial charge in [0.15, 0.2) is 11.5 Å². The summed E-state index contributed by atoms with van der Waals surface area (Å²) in [6, 6.07) is 8.68. The minimum atomic E-state index is -0.832. The Morgan fingerprint density at radius 2 is 1.73 bits per heavy atom. The topological polar surface area (TPSA) is 105 Å². The number of phenolic OH excluding ortho intramolecular Hbond substituents is 1. The quantitative estimate of drug-likeness (QED) is 0.342. The Labute approximate surface area is 186 Å². The Morgan fingerprint density at radius 1 is 1.07 bits per heavy atom. The Bertz CT molecular complexity index is 1030. The number of amides is 4. The van der Waals surface area contributed by atoms with Crippen molar-refractivity contribution in [1.82, 2.24) is 5.32 Å². The molecule has 0 aromatic heterocycles. The largest absolute Gasteiger partial charge is 0.504 e. The van der Waals surface area contributed by atoms with Crippen LogP contribution in [0, 0.1) is 3.57 Å². The minimum Gasteiger partial charge on any atom is -0.504 e. The average molecular weight is 522 g/mol. The number of carbonyl (C=O) groups excluding carboxylic acids is 3. The van der Waals surface area contributed by atoms with E-state index < -0.39 is 17.8 Å². The molecule has 0 saturated carbocycles. The zero-order valence-electron chi connectivity index (χ0n) is 16.3. The molecule has 1 aliphatic rings. The molecule has 2 N–H and O–H groups in total. The summed E-state index contributed by atoms with van der Waals surface area (Å²) >= 11 is 1.93. The fraction of sp³-hybridized carbons (Fsp3) is 0.190. The van der Waals surface area contributed by atoms with E-state index in [4.69, 9.17) is 9.47 Å². The van der Waals surface area contributed by atoms with Gasteiger partial charge in [-0.1, -0.05) is 0 Å². The van der Waals surface area contributed by atoms with Gasteiger partial charge in [0.2, 0.25) is 0 Å². The molecule has 1 aliphatic heterocycles. The summed E-state index contributed by atoms with van der Waals surface area (Å²) in [5.74, 6) is -0.744. The molecule has 2 aromatic rings. The number of halogens is 1. The van der Waals surface area contributed by atoms with E-state index >= 15 is 0 Å². The minimum absolute atomic E-state index is 0.0229. The molecule has 1 saturated heterocycles. The fourth-order valence-corrected chi connectivity index (χ4v) is 3.48. The second-order valence-electron chi connectivity index (χ2n) is 6.17. The molecule has 156 valence electrons. The normalized spacial score (nSPS) is 15.4. The number of ether oxygens (including phenoxy) is 2. The summed E-state index contributed by atoms with van der Waals surface area (Å²) in [7, 11) is 0. The second kappa shape index (κ2) is 9.16. The zero-order chi connectivity index (χ0) is 21.8. The summed E-state index contributed by atoms with van der Waals surface area (Å²) in [5.41, 5.74) is 0.558. The van der Waals surface area contributed by atoms with Gasteiger partial charge in [-0.2, -0.15) is 0 Å². The summed E-state index contributed by atoms with van der Waals surface area (Å²) in [4.78, 5) is 38.5. The molecule has 30 heavy (non-hydrogen) atoms. The van der Waals surface area contributed by atoms with Crippen molar-refractivity contribution in [2.75, 3.05) is 18.1 Å². The van der Waals surface area contributed by atoms with Crippen LogP contribution in [0.5, 0.6) is 17.2 Å². The number of urea groups is 1. The lowest BCUT2D eigenvalue weighted by Gasteiger charge is -2.26. The van der Waals surface area contributed by atoms with Crippen LogP contribution in [0.3, 0.4) is 0 Å². The van der Waals surface area contributed by atoms with E-state index in [-0.39, 0.29) is 17.1 Å². The van der Waals surface area contributed by atoms with Crippen LogP contribution in [0.25, 0.3) is 6.08 Å². The van der Waals surface area contributed by atoms with E-state index in [1.807, 2.05) is 29.5 Å². The standard InChI is InChI=1S/C21H19IN2O6/c1-3-29-14-7-5-13(6-8-14)24-20(27)15(19(26)23-21(24)28)9-12-10-16(22)18(25)17(11-12)30-4-2/h5-11,25H,3-4H2,1-2H3,(H,23,26,28)/b15-9-. The van der Waals surface area contributed by atoms with Gasteiger partial charge in [0.05, 0.1) is 22.5 Å². The Hall–Kier alpha value is -3.08. The van der Waals surface area contributed by atoms with Crippen LogP contribution in [0.1, 0.15) is 19.4 Å². The Balaban J connectivity index is 1.98. The third-order valence-electron chi connectivity index (χ3n) is 4.17. The van der Waals surface area contributed by atoms with Crippen LogP contribution in [0.15, 0.2) is 42.0 Å². The molecule has 0 unspecified atom stereocenters. The molecular weight excluding hydrogens is 503 g/mol. The Morgan fingerprint density at radius 3 is 2.37 bits per heavy atom. The van der Waals surface area contributed by atoms with Gasteiger partial charge in [0.25, 0.3) is 11.8 Å². The number of aromatic hydroxyl groups is 1. The molecule has 8 nitrogen and oxygen atoms in total. The molecule has 1 heterocycles. The third-order valence-corrected chi connectivity index (χ3v) is 4.99. The molecule has 0 atom stereocenters. The van der Waals surface area contributed by atoms with Gasteiger partial charge in [-0.3, -0.25) is 14.9 Å².